The third-order valence-corrected chi connectivity index (χ3v) is 1.84. The fourth-order valence-electron chi connectivity index (χ4n) is 0.790. The summed E-state index contributed by atoms with van der Waals surface area (Å²) in [7, 11) is 0. The van der Waals surface area contributed by atoms with Gasteiger partial charge in [-0.25, -0.2) is 0 Å². The van der Waals surface area contributed by atoms with Crippen molar-refractivity contribution in [2.24, 2.45) is 5.16 Å². The van der Waals surface area contributed by atoms with Crippen LogP contribution in [-0.4, -0.2) is 23.0 Å². The summed E-state index contributed by atoms with van der Waals surface area (Å²) in [5.41, 5.74) is 1.11. The summed E-state index contributed by atoms with van der Waals surface area (Å²) in [4.78, 5) is 5.07. The van der Waals surface area contributed by atoms with E-state index < -0.39 is 5.60 Å². The molecule has 82 valence electrons. The van der Waals surface area contributed by atoms with E-state index in [-0.39, 0.29) is 0 Å². The summed E-state index contributed by atoms with van der Waals surface area (Å²) in [6.07, 6.45) is 1.52. The van der Waals surface area contributed by atoms with Gasteiger partial charge in [0.15, 0.2) is 0 Å². The number of aliphatic hydroxyl groups is 1. The normalized spacial score (nSPS) is 12.8. The van der Waals surface area contributed by atoms with Gasteiger partial charge in [0, 0.05) is 0 Å². The summed E-state index contributed by atoms with van der Waals surface area (Å²) in [6.45, 7) is 11.6. The van der Waals surface area contributed by atoms with Crippen LogP contribution in [0.5, 0.6) is 0 Å². The fraction of sp³-hybridized carbons (Fsp3) is 0.727. The van der Waals surface area contributed by atoms with Crippen molar-refractivity contribution >= 4 is 5.71 Å². The molecular weight excluding hydrogens is 178 g/mol. The molecule has 0 spiro atoms. The van der Waals surface area contributed by atoms with Crippen molar-refractivity contribution in [3.63, 3.8) is 0 Å². The number of rotatable bonds is 6. The molecule has 0 fully saturated rings. The summed E-state index contributed by atoms with van der Waals surface area (Å²) >= 11 is 0. The second-order valence-electron chi connectivity index (χ2n) is 4.21. The predicted octanol–water partition coefficient (Wildman–Crippen LogP) is 2.51. The Morgan fingerprint density at radius 1 is 1.43 bits per heavy atom. The first kappa shape index (κ1) is 13.2. The molecule has 0 saturated carbocycles. The van der Waals surface area contributed by atoms with Crippen LogP contribution in [0.3, 0.4) is 0 Å². The molecule has 0 heterocycles. The Kier molecular flexibility index (Phi) is 5.46. The average molecular weight is 199 g/mol. The minimum atomic E-state index is -0.615. The van der Waals surface area contributed by atoms with Gasteiger partial charge in [0.05, 0.1) is 11.3 Å². The molecule has 0 aliphatic carbocycles. The summed E-state index contributed by atoms with van der Waals surface area (Å²) in [5, 5.41) is 13.3. The van der Waals surface area contributed by atoms with Crippen LogP contribution < -0.4 is 0 Å². The first-order valence-corrected chi connectivity index (χ1v) is 4.88. The zero-order valence-electron chi connectivity index (χ0n) is 9.63. The van der Waals surface area contributed by atoms with E-state index in [1.165, 1.54) is 0 Å². The highest BCUT2D eigenvalue weighted by molar-refractivity contribution is 5.96. The van der Waals surface area contributed by atoms with Gasteiger partial charge in [0.1, 0.15) is 6.61 Å². The van der Waals surface area contributed by atoms with Gasteiger partial charge in [0.2, 0.25) is 0 Å². The van der Waals surface area contributed by atoms with Crippen LogP contribution >= 0.6 is 0 Å². The Bertz CT molecular complexity index is 214. The van der Waals surface area contributed by atoms with Crippen molar-refractivity contribution < 1.29 is 9.94 Å². The number of oxime groups is 1. The number of hydrogen-bond acceptors (Lipinski definition) is 3. The Morgan fingerprint density at radius 2 is 2.00 bits per heavy atom. The average Bonchev–Trinajstić information content (AvgIpc) is 2.01. The minimum absolute atomic E-state index is 0.536. The van der Waals surface area contributed by atoms with Gasteiger partial charge in [-0.2, -0.15) is 0 Å². The van der Waals surface area contributed by atoms with Crippen molar-refractivity contribution in [1.82, 2.24) is 0 Å². The van der Waals surface area contributed by atoms with Crippen LogP contribution in [-0.2, 0) is 4.84 Å². The zero-order chi connectivity index (χ0) is 11.2. The predicted molar refractivity (Wildman–Crippen MR) is 59.4 cm³/mol. The lowest BCUT2D eigenvalue weighted by Crippen LogP contribution is -2.18. The highest BCUT2D eigenvalue weighted by atomic mass is 16.6. The van der Waals surface area contributed by atoms with Crippen LogP contribution in [0, 0.1) is 0 Å². The van der Waals surface area contributed by atoms with E-state index in [1.807, 2.05) is 13.8 Å². The van der Waals surface area contributed by atoms with Gasteiger partial charge in [-0.3, -0.25) is 0 Å². The molecular formula is C11H21NO2. The second-order valence-corrected chi connectivity index (χ2v) is 4.21. The number of allylic oxidation sites excluding steroid dienone is 1. The van der Waals surface area contributed by atoms with E-state index in [0.29, 0.717) is 13.0 Å². The van der Waals surface area contributed by atoms with E-state index in [2.05, 4.69) is 11.7 Å². The van der Waals surface area contributed by atoms with Crippen LogP contribution in [0.15, 0.2) is 17.3 Å². The second kappa shape index (κ2) is 5.81. The van der Waals surface area contributed by atoms with E-state index in [9.17, 15) is 5.11 Å². The molecule has 0 radical (unpaired) electrons. The molecule has 0 atom stereocenters. The molecule has 0 aromatic carbocycles. The van der Waals surface area contributed by atoms with Crippen LogP contribution in [0.2, 0.25) is 0 Å². The van der Waals surface area contributed by atoms with Gasteiger partial charge < -0.3 is 9.94 Å². The van der Waals surface area contributed by atoms with Gasteiger partial charge in [-0.05, 0) is 46.1 Å². The topological polar surface area (TPSA) is 41.8 Å². The lowest BCUT2D eigenvalue weighted by atomic mass is 10.0. The molecule has 0 unspecified atom stereocenters. The summed E-state index contributed by atoms with van der Waals surface area (Å²) in [5.74, 6) is 0. The SMILES string of the molecule is C=C(C)/C(C)=N/OCCCC(C)(C)O. The monoisotopic (exact) mass is 199 g/mol. The molecule has 3 heteroatoms. The molecule has 0 aromatic rings. The van der Waals surface area contributed by atoms with E-state index in [4.69, 9.17) is 4.84 Å². The van der Waals surface area contributed by atoms with Crippen molar-refractivity contribution in [1.29, 1.82) is 0 Å². The lowest BCUT2D eigenvalue weighted by Gasteiger charge is -2.15. The van der Waals surface area contributed by atoms with E-state index >= 15 is 0 Å². The third kappa shape index (κ3) is 7.80. The first-order chi connectivity index (χ1) is 6.33. The largest absolute Gasteiger partial charge is 0.396 e. The summed E-state index contributed by atoms with van der Waals surface area (Å²) in [6, 6.07) is 0. The van der Waals surface area contributed by atoms with Crippen LogP contribution in [0.4, 0.5) is 0 Å². The maximum Gasteiger partial charge on any atom is 0.117 e. The van der Waals surface area contributed by atoms with Gasteiger partial charge >= 0.3 is 0 Å². The third-order valence-electron chi connectivity index (χ3n) is 1.84. The smallest absolute Gasteiger partial charge is 0.117 e. The highest BCUT2D eigenvalue weighted by Gasteiger charge is 2.11. The molecule has 0 amide bonds. The van der Waals surface area contributed by atoms with Crippen molar-refractivity contribution in [3.05, 3.63) is 12.2 Å². The molecule has 0 saturated heterocycles. The van der Waals surface area contributed by atoms with Crippen LogP contribution in [0.25, 0.3) is 0 Å². The number of nitrogens with zero attached hydrogens (tertiary/aromatic N) is 1. The molecule has 0 aromatic heterocycles. The zero-order valence-corrected chi connectivity index (χ0v) is 9.63. The van der Waals surface area contributed by atoms with Gasteiger partial charge in [-0.1, -0.05) is 11.7 Å². The molecule has 0 aliphatic heterocycles. The quantitative estimate of drug-likeness (QED) is 0.405. The number of hydrogen-bond donors (Lipinski definition) is 1. The molecule has 3 nitrogen and oxygen atoms in total. The van der Waals surface area contributed by atoms with Crippen molar-refractivity contribution in [2.75, 3.05) is 6.61 Å². The summed E-state index contributed by atoms with van der Waals surface area (Å²) < 4.78 is 0. The van der Waals surface area contributed by atoms with Gasteiger partial charge in [0.25, 0.3) is 0 Å². The van der Waals surface area contributed by atoms with Gasteiger partial charge in [-0.15, -0.1) is 0 Å². The standard InChI is InChI=1S/C11H21NO2/c1-9(2)10(3)12-14-8-6-7-11(4,5)13/h13H,1,6-8H2,2-5H3/b12-10+. The Morgan fingerprint density at radius 3 is 2.43 bits per heavy atom. The van der Waals surface area contributed by atoms with Crippen LogP contribution in [0.1, 0.15) is 40.5 Å². The minimum Gasteiger partial charge on any atom is -0.396 e. The maximum absolute atomic E-state index is 9.41. The molecule has 0 rings (SSSR count). The molecule has 0 bridgehead atoms. The Labute approximate surface area is 86.5 Å². The maximum atomic E-state index is 9.41. The molecule has 14 heavy (non-hydrogen) atoms. The Balaban J connectivity index is 3.57. The lowest BCUT2D eigenvalue weighted by molar-refractivity contribution is 0.0532. The van der Waals surface area contributed by atoms with Crippen molar-refractivity contribution in [2.45, 2.75) is 46.1 Å². The van der Waals surface area contributed by atoms with Crippen molar-refractivity contribution in [3.8, 4) is 0 Å². The van der Waals surface area contributed by atoms with E-state index in [0.717, 1.165) is 17.7 Å². The van der Waals surface area contributed by atoms with E-state index in [1.54, 1.807) is 13.8 Å². The fourth-order valence-corrected chi connectivity index (χ4v) is 0.790. The first-order valence-electron chi connectivity index (χ1n) is 4.88. The Hall–Kier alpha value is -0.830. The molecule has 0 aliphatic rings. The molecule has 1 N–H and O–H groups in total. The highest BCUT2D eigenvalue weighted by Crippen LogP contribution is 2.09.